The van der Waals surface area contributed by atoms with Gasteiger partial charge in [-0.1, -0.05) is 0 Å². The minimum Gasteiger partial charge on any atom is -0.458 e. The van der Waals surface area contributed by atoms with E-state index in [1.807, 2.05) is 0 Å². The first-order chi connectivity index (χ1) is 5.22. The molecule has 0 aromatic carbocycles. The van der Waals surface area contributed by atoms with Crippen LogP contribution in [0, 0.1) is 0 Å². The van der Waals surface area contributed by atoms with Crippen molar-refractivity contribution < 1.29 is 18.7 Å². The van der Waals surface area contributed by atoms with Gasteiger partial charge in [-0.05, 0) is 0 Å². The number of furan rings is 1. The van der Waals surface area contributed by atoms with Gasteiger partial charge < -0.3 is 9.15 Å². The van der Waals surface area contributed by atoms with Gasteiger partial charge in [0.25, 0.3) is 0 Å². The van der Waals surface area contributed by atoms with Crippen molar-refractivity contribution in [1.82, 2.24) is 0 Å². The molecule has 0 aliphatic carbocycles. The van der Waals surface area contributed by atoms with Crippen molar-refractivity contribution in [3.63, 3.8) is 0 Å². The Kier molecular flexibility index (Phi) is 2.06. The Bertz CT molecular complexity index is 274. The molecule has 0 radical (unpaired) electrons. The second-order valence-electron chi connectivity index (χ2n) is 1.90. The van der Waals surface area contributed by atoms with E-state index in [-0.39, 0.29) is 11.5 Å². The normalized spacial score (nSPS) is 9.18. The van der Waals surface area contributed by atoms with Crippen LogP contribution in [-0.2, 0) is 4.79 Å². The summed E-state index contributed by atoms with van der Waals surface area (Å²) in [6.45, 7) is 1.27. The third-order valence-electron chi connectivity index (χ3n) is 0.973. The van der Waals surface area contributed by atoms with E-state index in [2.05, 4.69) is 9.15 Å². The first kappa shape index (κ1) is 7.53. The van der Waals surface area contributed by atoms with E-state index in [0.717, 1.165) is 0 Å². The summed E-state index contributed by atoms with van der Waals surface area (Å²) in [5.74, 6) is -0.0518. The standard InChI is InChI=1S/C7H6O4/c1-5(9)11-7-2-6(3-8)10-4-7/h2-4H,1H3. The maximum absolute atomic E-state index is 10.4. The van der Waals surface area contributed by atoms with Crippen LogP contribution in [0.1, 0.15) is 17.5 Å². The maximum Gasteiger partial charge on any atom is 0.308 e. The van der Waals surface area contributed by atoms with Gasteiger partial charge in [-0.3, -0.25) is 9.59 Å². The molecular formula is C7H6O4. The molecule has 0 spiro atoms. The molecule has 0 amide bonds. The highest BCUT2D eigenvalue weighted by molar-refractivity contribution is 5.73. The Balaban J connectivity index is 2.72. The van der Waals surface area contributed by atoms with Crippen molar-refractivity contribution >= 4 is 12.3 Å². The van der Waals surface area contributed by atoms with Crippen molar-refractivity contribution in [2.24, 2.45) is 0 Å². The summed E-state index contributed by atoms with van der Waals surface area (Å²) < 4.78 is 9.27. The van der Waals surface area contributed by atoms with Crippen LogP contribution in [0.2, 0.25) is 0 Å². The zero-order valence-electron chi connectivity index (χ0n) is 5.87. The van der Waals surface area contributed by atoms with Crippen molar-refractivity contribution in [2.45, 2.75) is 6.92 Å². The highest BCUT2D eigenvalue weighted by Gasteiger charge is 2.02. The van der Waals surface area contributed by atoms with Gasteiger partial charge in [-0.15, -0.1) is 0 Å². The molecule has 58 valence electrons. The largest absolute Gasteiger partial charge is 0.458 e. The third-order valence-corrected chi connectivity index (χ3v) is 0.973. The van der Waals surface area contributed by atoms with Crippen LogP contribution in [0.5, 0.6) is 5.75 Å². The van der Waals surface area contributed by atoms with E-state index >= 15 is 0 Å². The first-order valence-electron chi connectivity index (χ1n) is 2.94. The topological polar surface area (TPSA) is 56.5 Å². The molecule has 1 aromatic heterocycles. The lowest BCUT2D eigenvalue weighted by atomic mass is 10.5. The van der Waals surface area contributed by atoms with Crippen molar-refractivity contribution in [2.75, 3.05) is 0 Å². The molecule has 4 heteroatoms. The van der Waals surface area contributed by atoms with E-state index in [9.17, 15) is 9.59 Å². The Labute approximate surface area is 62.8 Å². The fourth-order valence-electron chi connectivity index (χ4n) is 0.616. The second kappa shape index (κ2) is 3.01. The van der Waals surface area contributed by atoms with Crippen LogP contribution in [0.4, 0.5) is 0 Å². The fraction of sp³-hybridized carbons (Fsp3) is 0.143. The number of ether oxygens (including phenoxy) is 1. The van der Waals surface area contributed by atoms with E-state index < -0.39 is 5.97 Å². The van der Waals surface area contributed by atoms with Crippen molar-refractivity contribution in [1.29, 1.82) is 0 Å². The van der Waals surface area contributed by atoms with Crippen LogP contribution in [0.15, 0.2) is 16.7 Å². The SMILES string of the molecule is CC(=O)Oc1coc(C=O)c1. The molecule has 1 heterocycles. The lowest BCUT2D eigenvalue weighted by Crippen LogP contribution is -1.99. The molecule has 11 heavy (non-hydrogen) atoms. The molecule has 0 aliphatic rings. The maximum atomic E-state index is 10.4. The van der Waals surface area contributed by atoms with Gasteiger partial charge in [-0.2, -0.15) is 0 Å². The highest BCUT2D eigenvalue weighted by Crippen LogP contribution is 2.13. The van der Waals surface area contributed by atoms with Crippen LogP contribution in [-0.4, -0.2) is 12.3 Å². The zero-order chi connectivity index (χ0) is 8.27. The number of aldehydes is 1. The molecule has 0 bridgehead atoms. The van der Waals surface area contributed by atoms with E-state index in [1.165, 1.54) is 19.3 Å². The van der Waals surface area contributed by atoms with Crippen molar-refractivity contribution in [3.8, 4) is 5.75 Å². The minimum absolute atomic E-state index is 0.140. The molecule has 0 unspecified atom stereocenters. The number of rotatable bonds is 2. The fourth-order valence-corrected chi connectivity index (χ4v) is 0.616. The minimum atomic E-state index is -0.441. The summed E-state index contributed by atoms with van der Waals surface area (Å²) in [7, 11) is 0. The van der Waals surface area contributed by atoms with Gasteiger partial charge in [0.2, 0.25) is 0 Å². The molecule has 0 fully saturated rings. The molecule has 0 atom stereocenters. The monoisotopic (exact) mass is 154 g/mol. The smallest absolute Gasteiger partial charge is 0.308 e. The second-order valence-corrected chi connectivity index (χ2v) is 1.90. The van der Waals surface area contributed by atoms with Gasteiger partial charge in [0.15, 0.2) is 17.8 Å². The lowest BCUT2D eigenvalue weighted by Gasteiger charge is -1.91. The highest BCUT2D eigenvalue weighted by atomic mass is 16.5. The van der Waals surface area contributed by atoms with E-state index in [1.54, 1.807) is 0 Å². The quantitative estimate of drug-likeness (QED) is 0.471. The summed E-state index contributed by atoms with van der Waals surface area (Å²) in [5, 5.41) is 0. The van der Waals surface area contributed by atoms with Gasteiger partial charge in [0.05, 0.1) is 0 Å². The number of esters is 1. The summed E-state index contributed by atoms with van der Waals surface area (Å²) in [5.41, 5.74) is 0. The number of carbonyl (C=O) groups is 2. The van der Waals surface area contributed by atoms with E-state index in [4.69, 9.17) is 0 Å². The molecule has 0 N–H and O–H groups in total. The average Bonchev–Trinajstić information content (AvgIpc) is 2.34. The lowest BCUT2D eigenvalue weighted by molar-refractivity contribution is -0.131. The molecular weight excluding hydrogens is 148 g/mol. The van der Waals surface area contributed by atoms with Gasteiger partial charge in [0.1, 0.15) is 6.26 Å². The summed E-state index contributed by atoms with van der Waals surface area (Å²) in [4.78, 5) is 20.4. The number of hydrogen-bond acceptors (Lipinski definition) is 4. The van der Waals surface area contributed by atoms with Gasteiger partial charge >= 0.3 is 5.97 Å². The zero-order valence-corrected chi connectivity index (χ0v) is 5.87. The summed E-state index contributed by atoms with van der Waals surface area (Å²) in [6.07, 6.45) is 1.73. The molecule has 0 saturated heterocycles. The summed E-state index contributed by atoms with van der Waals surface area (Å²) in [6, 6.07) is 1.34. The van der Waals surface area contributed by atoms with Crippen LogP contribution in [0.25, 0.3) is 0 Å². The van der Waals surface area contributed by atoms with Crippen LogP contribution >= 0.6 is 0 Å². The third kappa shape index (κ3) is 1.93. The molecule has 0 aliphatic heterocycles. The Morgan fingerprint density at radius 3 is 2.91 bits per heavy atom. The average molecular weight is 154 g/mol. The molecule has 4 nitrogen and oxygen atoms in total. The molecule has 1 aromatic rings. The molecule has 1 rings (SSSR count). The van der Waals surface area contributed by atoms with Gasteiger partial charge in [0, 0.05) is 13.0 Å². The van der Waals surface area contributed by atoms with E-state index in [0.29, 0.717) is 6.29 Å². The van der Waals surface area contributed by atoms with Crippen LogP contribution in [0.3, 0.4) is 0 Å². The number of hydrogen-bond donors (Lipinski definition) is 0. The molecule has 0 saturated carbocycles. The van der Waals surface area contributed by atoms with Gasteiger partial charge in [-0.25, -0.2) is 0 Å². The number of carbonyl (C=O) groups excluding carboxylic acids is 2. The van der Waals surface area contributed by atoms with Crippen molar-refractivity contribution in [3.05, 3.63) is 18.1 Å². The summed E-state index contributed by atoms with van der Waals surface area (Å²) >= 11 is 0. The Morgan fingerprint density at radius 1 is 1.73 bits per heavy atom. The Morgan fingerprint density at radius 2 is 2.45 bits per heavy atom. The first-order valence-corrected chi connectivity index (χ1v) is 2.94. The predicted octanol–water partition coefficient (Wildman–Crippen LogP) is 1.02. The van der Waals surface area contributed by atoms with Crippen LogP contribution < -0.4 is 4.74 Å². The Hall–Kier alpha value is -1.58. The predicted molar refractivity (Wildman–Crippen MR) is 35.4 cm³/mol.